The lowest BCUT2D eigenvalue weighted by molar-refractivity contribution is -0.135. The normalized spacial score (nSPS) is 18.5. The topological polar surface area (TPSA) is 42.4 Å². The summed E-state index contributed by atoms with van der Waals surface area (Å²) in [6, 6.07) is 16.0. The number of hydrogen-bond acceptors (Lipinski definition) is 3. The molecule has 1 aliphatic rings. The van der Waals surface area contributed by atoms with Gasteiger partial charge in [0.1, 0.15) is 0 Å². The van der Waals surface area contributed by atoms with Crippen LogP contribution < -0.4 is 0 Å². The minimum atomic E-state index is -0.183. The molecule has 1 amide bonds. The van der Waals surface area contributed by atoms with Crippen LogP contribution in [0.3, 0.4) is 0 Å². The fourth-order valence-corrected chi connectivity index (χ4v) is 3.67. The van der Waals surface area contributed by atoms with E-state index in [1.54, 1.807) is 6.20 Å². The quantitative estimate of drug-likeness (QED) is 0.763. The van der Waals surface area contributed by atoms with Gasteiger partial charge in [-0.15, -0.1) is 0 Å². The van der Waals surface area contributed by atoms with Crippen LogP contribution in [0.25, 0.3) is 0 Å². The highest BCUT2D eigenvalue weighted by Crippen LogP contribution is 2.26. The molecule has 2 aromatic rings. The maximum absolute atomic E-state index is 13.4. The lowest BCUT2D eigenvalue weighted by Gasteiger charge is -2.35. The maximum Gasteiger partial charge on any atom is 0.230 e. The van der Waals surface area contributed by atoms with Gasteiger partial charge >= 0.3 is 0 Å². The number of piperidine rings is 1. The molecular formula is C22H28N2O2. The third-order valence-corrected chi connectivity index (χ3v) is 5.03. The Bertz CT molecular complexity index is 675. The van der Waals surface area contributed by atoms with Crippen LogP contribution in [0.2, 0.25) is 0 Å². The number of benzene rings is 1. The van der Waals surface area contributed by atoms with Gasteiger partial charge in [-0.25, -0.2) is 0 Å². The number of rotatable bonds is 7. The number of likely N-dealkylation sites (tertiary alicyclic amines) is 1. The summed E-state index contributed by atoms with van der Waals surface area (Å²) < 4.78 is 5.59. The Labute approximate surface area is 156 Å². The number of hydrogen-bond donors (Lipinski definition) is 0. The molecule has 4 heteroatoms. The Morgan fingerprint density at radius 1 is 1.23 bits per heavy atom. The summed E-state index contributed by atoms with van der Waals surface area (Å²) >= 11 is 0. The molecule has 4 nitrogen and oxygen atoms in total. The second-order valence-electron chi connectivity index (χ2n) is 6.94. The first-order valence-corrected chi connectivity index (χ1v) is 9.59. The number of ether oxygens (including phenoxy) is 1. The highest BCUT2D eigenvalue weighted by atomic mass is 16.5. The molecular weight excluding hydrogens is 324 g/mol. The molecule has 1 aromatic carbocycles. The van der Waals surface area contributed by atoms with E-state index in [0.29, 0.717) is 12.3 Å². The summed E-state index contributed by atoms with van der Waals surface area (Å²) in [4.78, 5) is 19.9. The molecule has 0 radical (unpaired) electrons. The number of amides is 1. The molecule has 0 N–H and O–H groups in total. The molecule has 138 valence electrons. The van der Waals surface area contributed by atoms with Crippen molar-refractivity contribution in [2.24, 2.45) is 5.92 Å². The molecule has 1 aliphatic heterocycles. The van der Waals surface area contributed by atoms with Crippen molar-refractivity contribution in [2.45, 2.75) is 32.1 Å². The Balaban J connectivity index is 1.76. The highest BCUT2D eigenvalue weighted by molar-refractivity contribution is 5.84. The van der Waals surface area contributed by atoms with Crippen LogP contribution in [-0.4, -0.2) is 42.1 Å². The molecule has 26 heavy (non-hydrogen) atoms. The Morgan fingerprint density at radius 2 is 2.04 bits per heavy atom. The zero-order valence-electron chi connectivity index (χ0n) is 15.5. The van der Waals surface area contributed by atoms with Crippen LogP contribution >= 0.6 is 0 Å². The van der Waals surface area contributed by atoms with Crippen molar-refractivity contribution in [3.63, 3.8) is 0 Å². The summed E-state index contributed by atoms with van der Waals surface area (Å²) in [7, 11) is 0. The van der Waals surface area contributed by atoms with Crippen molar-refractivity contribution in [1.82, 2.24) is 9.88 Å². The van der Waals surface area contributed by atoms with Gasteiger partial charge in [0.05, 0.1) is 12.5 Å². The number of carbonyl (C=O) groups is 1. The number of nitrogens with zero attached hydrogens (tertiary/aromatic N) is 2. The van der Waals surface area contributed by atoms with Gasteiger partial charge in [0.2, 0.25) is 5.91 Å². The van der Waals surface area contributed by atoms with Crippen LogP contribution in [0.4, 0.5) is 0 Å². The van der Waals surface area contributed by atoms with Crippen molar-refractivity contribution >= 4 is 5.91 Å². The van der Waals surface area contributed by atoms with Crippen LogP contribution in [0.5, 0.6) is 0 Å². The first kappa shape index (κ1) is 18.6. The van der Waals surface area contributed by atoms with Crippen molar-refractivity contribution in [3.05, 3.63) is 66.0 Å². The molecule has 2 atom stereocenters. The second-order valence-corrected chi connectivity index (χ2v) is 6.94. The molecule has 2 heterocycles. The molecule has 0 saturated carbocycles. The molecule has 2 unspecified atom stereocenters. The van der Waals surface area contributed by atoms with Crippen LogP contribution in [0, 0.1) is 5.92 Å². The highest BCUT2D eigenvalue weighted by Gasteiger charge is 2.30. The number of carbonyl (C=O) groups excluding carboxylic acids is 1. The van der Waals surface area contributed by atoms with E-state index in [4.69, 9.17) is 4.74 Å². The van der Waals surface area contributed by atoms with E-state index in [1.807, 2.05) is 60.4 Å². The van der Waals surface area contributed by atoms with Gasteiger partial charge in [-0.05, 0) is 43.4 Å². The van der Waals surface area contributed by atoms with Gasteiger partial charge in [-0.3, -0.25) is 9.78 Å². The molecule has 1 fully saturated rings. The SMILES string of the molecule is CCOCC1CCCN(C(=O)C(Cc2ccccn2)c2ccccc2)C1. The van der Waals surface area contributed by atoms with Gasteiger partial charge in [-0.2, -0.15) is 0 Å². The van der Waals surface area contributed by atoms with E-state index < -0.39 is 0 Å². The second kappa shape index (κ2) is 9.48. The Kier molecular flexibility index (Phi) is 6.78. The molecule has 0 aliphatic carbocycles. The van der Waals surface area contributed by atoms with E-state index in [-0.39, 0.29) is 11.8 Å². The van der Waals surface area contributed by atoms with Crippen molar-refractivity contribution in [1.29, 1.82) is 0 Å². The van der Waals surface area contributed by atoms with Crippen molar-refractivity contribution < 1.29 is 9.53 Å². The first-order chi connectivity index (χ1) is 12.8. The van der Waals surface area contributed by atoms with Gasteiger partial charge in [0.25, 0.3) is 0 Å². The molecule has 1 saturated heterocycles. The Hall–Kier alpha value is -2.20. The summed E-state index contributed by atoms with van der Waals surface area (Å²) in [5.41, 5.74) is 2.02. The molecule has 0 bridgehead atoms. The largest absolute Gasteiger partial charge is 0.381 e. The lowest BCUT2D eigenvalue weighted by Crippen LogP contribution is -2.44. The minimum absolute atomic E-state index is 0.183. The smallest absolute Gasteiger partial charge is 0.230 e. The first-order valence-electron chi connectivity index (χ1n) is 9.59. The van der Waals surface area contributed by atoms with E-state index in [9.17, 15) is 4.79 Å². The van der Waals surface area contributed by atoms with E-state index in [2.05, 4.69) is 4.98 Å². The van der Waals surface area contributed by atoms with Gasteiger partial charge in [0, 0.05) is 38.0 Å². The van der Waals surface area contributed by atoms with Crippen molar-refractivity contribution in [2.75, 3.05) is 26.3 Å². The molecule has 1 aromatic heterocycles. The maximum atomic E-state index is 13.4. The van der Waals surface area contributed by atoms with Gasteiger partial charge in [-0.1, -0.05) is 36.4 Å². The number of pyridine rings is 1. The predicted octanol–water partition coefficient (Wildman–Crippen LogP) is 3.68. The fourth-order valence-electron chi connectivity index (χ4n) is 3.67. The number of aromatic nitrogens is 1. The standard InChI is InChI=1S/C22H28N2O2/c1-2-26-17-18-9-8-14-24(16-18)22(25)21(19-10-4-3-5-11-19)15-20-12-6-7-13-23-20/h3-7,10-13,18,21H,2,8-9,14-17H2,1H3. The average molecular weight is 352 g/mol. The summed E-state index contributed by atoms with van der Waals surface area (Å²) in [6.07, 6.45) is 4.62. The summed E-state index contributed by atoms with van der Waals surface area (Å²) in [5.74, 6) is 0.471. The van der Waals surface area contributed by atoms with E-state index in [1.165, 1.54) is 0 Å². The average Bonchev–Trinajstić information content (AvgIpc) is 2.71. The van der Waals surface area contributed by atoms with Gasteiger partial charge < -0.3 is 9.64 Å². The summed E-state index contributed by atoms with van der Waals surface area (Å²) in [5, 5.41) is 0. The zero-order chi connectivity index (χ0) is 18.2. The summed E-state index contributed by atoms with van der Waals surface area (Å²) in [6.45, 7) is 5.13. The van der Waals surface area contributed by atoms with E-state index >= 15 is 0 Å². The molecule has 3 rings (SSSR count). The lowest BCUT2D eigenvalue weighted by atomic mass is 9.90. The third kappa shape index (κ3) is 4.92. The minimum Gasteiger partial charge on any atom is -0.381 e. The van der Waals surface area contributed by atoms with Crippen LogP contribution in [0.15, 0.2) is 54.7 Å². The monoisotopic (exact) mass is 352 g/mol. The van der Waals surface area contributed by atoms with Crippen LogP contribution in [0.1, 0.15) is 36.9 Å². The fraction of sp³-hybridized carbons (Fsp3) is 0.455. The third-order valence-electron chi connectivity index (χ3n) is 5.03. The van der Waals surface area contributed by atoms with E-state index in [0.717, 1.165) is 50.4 Å². The predicted molar refractivity (Wildman–Crippen MR) is 103 cm³/mol. The van der Waals surface area contributed by atoms with Crippen molar-refractivity contribution in [3.8, 4) is 0 Å². The molecule has 0 spiro atoms. The van der Waals surface area contributed by atoms with Crippen LogP contribution in [-0.2, 0) is 16.0 Å². The zero-order valence-corrected chi connectivity index (χ0v) is 15.5. The van der Waals surface area contributed by atoms with Gasteiger partial charge in [0.15, 0.2) is 0 Å². The Morgan fingerprint density at radius 3 is 2.77 bits per heavy atom.